The zero-order valence-corrected chi connectivity index (χ0v) is 12.9. The van der Waals surface area contributed by atoms with Crippen LogP contribution in [0, 0.1) is 11.2 Å². The Balaban J connectivity index is 2.71. The molecule has 1 aromatic rings. The molecule has 0 heterocycles. The number of nitrogens with zero attached hydrogens (tertiary/aromatic N) is 1. The summed E-state index contributed by atoms with van der Waals surface area (Å²) in [6.45, 7) is 9.67. The van der Waals surface area contributed by atoms with Crippen LogP contribution < -0.4 is 5.73 Å². The predicted molar refractivity (Wildman–Crippen MR) is 77.9 cm³/mol. The van der Waals surface area contributed by atoms with E-state index in [2.05, 4.69) is 41.6 Å². The van der Waals surface area contributed by atoms with Crippen molar-refractivity contribution in [3.05, 3.63) is 34.1 Å². The highest BCUT2D eigenvalue weighted by Gasteiger charge is 2.19. The Kier molecular flexibility index (Phi) is 5.76. The van der Waals surface area contributed by atoms with E-state index in [1.165, 1.54) is 0 Å². The second-order valence-electron chi connectivity index (χ2n) is 5.42. The van der Waals surface area contributed by atoms with Crippen LogP contribution in [0.2, 0.25) is 0 Å². The van der Waals surface area contributed by atoms with Gasteiger partial charge in [-0.2, -0.15) is 0 Å². The minimum absolute atomic E-state index is 0.0872. The van der Waals surface area contributed by atoms with Gasteiger partial charge in [-0.15, -0.1) is 0 Å². The van der Waals surface area contributed by atoms with E-state index in [4.69, 9.17) is 5.73 Å². The van der Waals surface area contributed by atoms with Crippen LogP contribution in [0.5, 0.6) is 0 Å². The molecule has 2 nitrogen and oxygen atoms in total. The molecule has 0 aromatic heterocycles. The standard InChI is InChI=1S/C14H22BrFN2/c1-4-18(10-14(2,3)9-17)8-11-5-6-12(15)13(16)7-11/h5-7H,4,8-10,17H2,1-3H3. The Morgan fingerprint density at radius 2 is 2.06 bits per heavy atom. The van der Waals surface area contributed by atoms with Crippen LogP contribution in [-0.4, -0.2) is 24.5 Å². The van der Waals surface area contributed by atoms with E-state index in [1.807, 2.05) is 6.07 Å². The largest absolute Gasteiger partial charge is 0.330 e. The molecule has 0 saturated heterocycles. The van der Waals surface area contributed by atoms with Crippen LogP contribution in [0.4, 0.5) is 4.39 Å². The Morgan fingerprint density at radius 3 is 2.56 bits per heavy atom. The van der Waals surface area contributed by atoms with Gasteiger partial charge < -0.3 is 5.73 Å². The summed E-state index contributed by atoms with van der Waals surface area (Å²) in [7, 11) is 0. The second kappa shape index (κ2) is 6.64. The van der Waals surface area contributed by atoms with E-state index in [9.17, 15) is 4.39 Å². The molecule has 0 radical (unpaired) electrons. The average Bonchev–Trinajstić information content (AvgIpc) is 2.33. The van der Waals surface area contributed by atoms with Crippen LogP contribution in [0.1, 0.15) is 26.3 Å². The molecule has 0 spiro atoms. The van der Waals surface area contributed by atoms with Crippen LogP contribution in [-0.2, 0) is 6.54 Å². The Hall–Kier alpha value is -0.450. The molecule has 0 amide bonds. The van der Waals surface area contributed by atoms with Gasteiger partial charge in [-0.1, -0.05) is 26.8 Å². The molecule has 0 fully saturated rings. The highest BCUT2D eigenvalue weighted by molar-refractivity contribution is 9.10. The van der Waals surface area contributed by atoms with Gasteiger partial charge in [-0.25, -0.2) is 4.39 Å². The van der Waals surface area contributed by atoms with E-state index < -0.39 is 0 Å². The summed E-state index contributed by atoms with van der Waals surface area (Å²) in [5.74, 6) is -0.207. The first-order valence-corrected chi connectivity index (χ1v) is 7.03. The van der Waals surface area contributed by atoms with Gasteiger partial charge in [0.05, 0.1) is 4.47 Å². The van der Waals surface area contributed by atoms with Gasteiger partial charge in [0.15, 0.2) is 0 Å². The summed E-state index contributed by atoms with van der Waals surface area (Å²) in [5.41, 5.74) is 6.83. The van der Waals surface area contributed by atoms with Crippen molar-refractivity contribution in [1.29, 1.82) is 0 Å². The Morgan fingerprint density at radius 1 is 1.39 bits per heavy atom. The molecule has 0 bridgehead atoms. The summed E-state index contributed by atoms with van der Waals surface area (Å²) in [6, 6.07) is 5.29. The molecule has 0 aliphatic heterocycles. The molecule has 1 aromatic carbocycles. The third kappa shape index (κ3) is 4.67. The molecule has 0 aliphatic carbocycles. The molecule has 0 atom stereocenters. The van der Waals surface area contributed by atoms with E-state index in [0.29, 0.717) is 11.0 Å². The number of nitrogens with two attached hydrogens (primary N) is 1. The van der Waals surface area contributed by atoms with Gasteiger partial charge in [0, 0.05) is 13.1 Å². The molecule has 102 valence electrons. The smallest absolute Gasteiger partial charge is 0.137 e. The second-order valence-corrected chi connectivity index (χ2v) is 6.27. The van der Waals surface area contributed by atoms with Crippen molar-refractivity contribution >= 4 is 15.9 Å². The van der Waals surface area contributed by atoms with Crippen LogP contribution in [0.15, 0.2) is 22.7 Å². The quantitative estimate of drug-likeness (QED) is 0.871. The number of benzene rings is 1. The van der Waals surface area contributed by atoms with E-state index >= 15 is 0 Å². The number of hydrogen-bond acceptors (Lipinski definition) is 2. The number of halogens is 2. The fraction of sp³-hybridized carbons (Fsp3) is 0.571. The van der Waals surface area contributed by atoms with Crippen molar-refractivity contribution < 1.29 is 4.39 Å². The van der Waals surface area contributed by atoms with Crippen molar-refractivity contribution in [3.63, 3.8) is 0 Å². The summed E-state index contributed by atoms with van der Waals surface area (Å²) in [6.07, 6.45) is 0. The van der Waals surface area contributed by atoms with Crippen LogP contribution in [0.3, 0.4) is 0 Å². The molecule has 1 rings (SSSR count). The Labute approximate surface area is 117 Å². The molecule has 0 saturated carbocycles. The summed E-state index contributed by atoms with van der Waals surface area (Å²) in [5, 5.41) is 0. The van der Waals surface area contributed by atoms with Crippen LogP contribution >= 0.6 is 15.9 Å². The van der Waals surface area contributed by atoms with Gasteiger partial charge in [-0.3, -0.25) is 4.90 Å². The molecular formula is C14H22BrFN2. The summed E-state index contributed by atoms with van der Waals surface area (Å²) < 4.78 is 14.0. The van der Waals surface area contributed by atoms with Crippen molar-refractivity contribution in [2.45, 2.75) is 27.3 Å². The normalized spacial score (nSPS) is 12.2. The van der Waals surface area contributed by atoms with Crippen molar-refractivity contribution in [2.24, 2.45) is 11.1 Å². The monoisotopic (exact) mass is 316 g/mol. The highest BCUT2D eigenvalue weighted by Crippen LogP contribution is 2.20. The highest BCUT2D eigenvalue weighted by atomic mass is 79.9. The first-order valence-electron chi connectivity index (χ1n) is 6.24. The average molecular weight is 317 g/mol. The number of hydrogen-bond donors (Lipinski definition) is 1. The maximum absolute atomic E-state index is 13.5. The maximum atomic E-state index is 13.5. The SMILES string of the molecule is CCN(Cc1ccc(Br)c(F)c1)CC(C)(C)CN. The Bertz CT molecular complexity index is 393. The lowest BCUT2D eigenvalue weighted by Gasteiger charge is -2.31. The molecule has 0 aliphatic rings. The molecule has 4 heteroatoms. The first kappa shape index (κ1) is 15.6. The summed E-state index contributed by atoms with van der Waals surface area (Å²) in [4.78, 5) is 2.29. The van der Waals surface area contributed by atoms with Crippen LogP contribution in [0.25, 0.3) is 0 Å². The van der Waals surface area contributed by atoms with Crippen molar-refractivity contribution in [3.8, 4) is 0 Å². The third-order valence-corrected chi connectivity index (χ3v) is 3.68. The van der Waals surface area contributed by atoms with Gasteiger partial charge >= 0.3 is 0 Å². The van der Waals surface area contributed by atoms with E-state index in [-0.39, 0.29) is 11.2 Å². The van der Waals surface area contributed by atoms with Gasteiger partial charge in [0.1, 0.15) is 5.82 Å². The summed E-state index contributed by atoms with van der Waals surface area (Å²) >= 11 is 3.17. The van der Waals surface area contributed by atoms with E-state index in [0.717, 1.165) is 25.2 Å². The third-order valence-electron chi connectivity index (χ3n) is 3.04. The molecule has 18 heavy (non-hydrogen) atoms. The lowest BCUT2D eigenvalue weighted by atomic mass is 9.93. The maximum Gasteiger partial charge on any atom is 0.137 e. The lowest BCUT2D eigenvalue weighted by Crippen LogP contribution is -2.38. The van der Waals surface area contributed by atoms with Crippen molar-refractivity contribution in [1.82, 2.24) is 4.90 Å². The zero-order valence-electron chi connectivity index (χ0n) is 11.3. The van der Waals surface area contributed by atoms with E-state index in [1.54, 1.807) is 12.1 Å². The van der Waals surface area contributed by atoms with Gasteiger partial charge in [-0.05, 0) is 52.1 Å². The first-order chi connectivity index (χ1) is 8.38. The minimum atomic E-state index is -0.207. The number of rotatable bonds is 6. The predicted octanol–water partition coefficient (Wildman–Crippen LogP) is 3.40. The molecule has 0 unspecified atom stereocenters. The van der Waals surface area contributed by atoms with Gasteiger partial charge in [0.25, 0.3) is 0 Å². The molecular weight excluding hydrogens is 295 g/mol. The molecule has 2 N–H and O–H groups in total. The van der Waals surface area contributed by atoms with Crippen molar-refractivity contribution in [2.75, 3.05) is 19.6 Å². The minimum Gasteiger partial charge on any atom is -0.330 e. The fourth-order valence-electron chi connectivity index (χ4n) is 1.85. The fourth-order valence-corrected chi connectivity index (χ4v) is 2.09. The topological polar surface area (TPSA) is 29.3 Å². The van der Waals surface area contributed by atoms with Gasteiger partial charge in [0.2, 0.25) is 0 Å². The lowest BCUT2D eigenvalue weighted by molar-refractivity contribution is 0.183. The zero-order chi connectivity index (χ0) is 13.8.